The SMILES string of the molecule is CC1=CC(Oc2ccc(C)cc2)=CC=C=C1. The van der Waals surface area contributed by atoms with E-state index in [2.05, 4.69) is 12.7 Å². The zero-order valence-electron chi connectivity index (χ0n) is 9.53. The fraction of sp³-hybridized carbons (Fsp3) is 0.133. The van der Waals surface area contributed by atoms with E-state index in [0.29, 0.717) is 0 Å². The average molecular weight is 210 g/mol. The molecule has 0 atom stereocenters. The molecule has 1 aromatic carbocycles. The number of allylic oxidation sites excluding steroid dienone is 4. The van der Waals surface area contributed by atoms with Gasteiger partial charge in [0, 0.05) is 0 Å². The second kappa shape index (κ2) is 4.69. The van der Waals surface area contributed by atoms with Crippen LogP contribution in [0.2, 0.25) is 0 Å². The van der Waals surface area contributed by atoms with Gasteiger partial charge in [0.05, 0.1) is 0 Å². The van der Waals surface area contributed by atoms with Crippen LogP contribution in [0.4, 0.5) is 0 Å². The molecule has 0 aromatic heterocycles. The monoisotopic (exact) mass is 210 g/mol. The van der Waals surface area contributed by atoms with Crippen molar-refractivity contribution in [1.29, 1.82) is 0 Å². The fourth-order valence-electron chi connectivity index (χ4n) is 1.43. The molecule has 0 bridgehead atoms. The van der Waals surface area contributed by atoms with Crippen LogP contribution in [0.3, 0.4) is 0 Å². The van der Waals surface area contributed by atoms with Crippen LogP contribution in [-0.2, 0) is 0 Å². The first-order valence-electron chi connectivity index (χ1n) is 5.29. The lowest BCUT2D eigenvalue weighted by Gasteiger charge is -2.06. The number of hydrogen-bond donors (Lipinski definition) is 0. The zero-order chi connectivity index (χ0) is 11.4. The highest BCUT2D eigenvalue weighted by Crippen LogP contribution is 2.17. The second-order valence-corrected chi connectivity index (χ2v) is 3.85. The maximum atomic E-state index is 5.75. The minimum atomic E-state index is 0.836. The molecule has 0 amide bonds. The Hall–Kier alpha value is -1.98. The third kappa shape index (κ3) is 2.75. The molecule has 1 nitrogen and oxygen atoms in total. The van der Waals surface area contributed by atoms with Gasteiger partial charge >= 0.3 is 0 Å². The van der Waals surface area contributed by atoms with E-state index in [1.807, 2.05) is 55.5 Å². The van der Waals surface area contributed by atoms with Gasteiger partial charge in [-0.2, -0.15) is 0 Å². The summed E-state index contributed by atoms with van der Waals surface area (Å²) in [6.45, 7) is 4.09. The van der Waals surface area contributed by atoms with Crippen molar-refractivity contribution >= 4 is 0 Å². The molecular formula is C15H14O. The predicted octanol–water partition coefficient (Wildman–Crippen LogP) is 3.93. The van der Waals surface area contributed by atoms with E-state index >= 15 is 0 Å². The summed E-state index contributed by atoms with van der Waals surface area (Å²) in [6, 6.07) is 8.03. The predicted molar refractivity (Wildman–Crippen MR) is 66.3 cm³/mol. The molecule has 0 unspecified atom stereocenters. The van der Waals surface area contributed by atoms with Crippen LogP contribution in [0.5, 0.6) is 5.75 Å². The molecule has 0 fully saturated rings. The summed E-state index contributed by atoms with van der Waals surface area (Å²) in [4.78, 5) is 0. The number of aryl methyl sites for hydroxylation is 1. The van der Waals surface area contributed by atoms with E-state index in [1.165, 1.54) is 5.56 Å². The van der Waals surface area contributed by atoms with Gasteiger partial charge in [-0.25, -0.2) is 0 Å². The molecule has 0 heterocycles. The number of hydrogen-bond acceptors (Lipinski definition) is 1. The van der Waals surface area contributed by atoms with Crippen LogP contribution in [0.1, 0.15) is 12.5 Å². The standard InChI is InChI=1S/C15H14O/c1-12-7-9-14(10-8-12)16-15-6-4-3-5-13(2)11-15/h4-11H,1-2H3. The summed E-state index contributed by atoms with van der Waals surface area (Å²) in [5.74, 6) is 1.69. The van der Waals surface area contributed by atoms with Crippen molar-refractivity contribution in [1.82, 2.24) is 0 Å². The van der Waals surface area contributed by atoms with Crippen LogP contribution >= 0.6 is 0 Å². The first-order valence-corrected chi connectivity index (χ1v) is 5.29. The minimum Gasteiger partial charge on any atom is -0.457 e. The van der Waals surface area contributed by atoms with E-state index in [4.69, 9.17) is 4.74 Å². The minimum absolute atomic E-state index is 0.836. The van der Waals surface area contributed by atoms with Crippen LogP contribution in [-0.4, -0.2) is 0 Å². The Kier molecular flexibility index (Phi) is 3.09. The van der Waals surface area contributed by atoms with Crippen molar-refractivity contribution in [3.8, 4) is 5.75 Å². The van der Waals surface area contributed by atoms with Crippen molar-refractivity contribution in [2.75, 3.05) is 0 Å². The van der Waals surface area contributed by atoms with Crippen molar-refractivity contribution in [2.24, 2.45) is 0 Å². The summed E-state index contributed by atoms with van der Waals surface area (Å²) < 4.78 is 5.75. The van der Waals surface area contributed by atoms with Gasteiger partial charge in [-0.3, -0.25) is 0 Å². The molecule has 0 aliphatic heterocycles. The molecule has 0 radical (unpaired) electrons. The summed E-state index contributed by atoms with van der Waals surface area (Å²) in [5.41, 5.74) is 5.41. The lowest BCUT2D eigenvalue weighted by atomic mass is 10.2. The van der Waals surface area contributed by atoms with Crippen LogP contribution in [0, 0.1) is 6.92 Å². The molecule has 0 saturated heterocycles. The summed E-state index contributed by atoms with van der Waals surface area (Å²) in [7, 11) is 0. The van der Waals surface area contributed by atoms with Crippen LogP contribution in [0.15, 0.2) is 65.6 Å². The van der Waals surface area contributed by atoms with Crippen molar-refractivity contribution in [3.63, 3.8) is 0 Å². The molecule has 1 aliphatic rings. The number of benzene rings is 1. The highest BCUT2D eigenvalue weighted by atomic mass is 16.5. The second-order valence-electron chi connectivity index (χ2n) is 3.85. The Morgan fingerprint density at radius 3 is 2.56 bits per heavy atom. The lowest BCUT2D eigenvalue weighted by molar-refractivity contribution is 0.444. The van der Waals surface area contributed by atoms with E-state index < -0.39 is 0 Å². The zero-order valence-corrected chi connectivity index (χ0v) is 9.53. The first kappa shape index (κ1) is 10.5. The van der Waals surface area contributed by atoms with Gasteiger partial charge in [-0.1, -0.05) is 17.7 Å². The summed E-state index contributed by atoms with van der Waals surface area (Å²) in [6.07, 6.45) is 7.70. The molecule has 1 heteroatoms. The highest BCUT2D eigenvalue weighted by Gasteiger charge is 1.98. The Morgan fingerprint density at radius 2 is 1.81 bits per heavy atom. The maximum Gasteiger partial charge on any atom is 0.128 e. The molecular weight excluding hydrogens is 196 g/mol. The molecule has 1 aromatic rings. The van der Waals surface area contributed by atoms with Gasteiger partial charge in [0.2, 0.25) is 0 Å². The van der Waals surface area contributed by atoms with Crippen molar-refractivity contribution in [3.05, 3.63) is 71.2 Å². The molecule has 2 rings (SSSR count). The quantitative estimate of drug-likeness (QED) is 0.672. The molecule has 0 N–H and O–H groups in total. The molecule has 1 aliphatic carbocycles. The van der Waals surface area contributed by atoms with Crippen molar-refractivity contribution < 1.29 is 4.74 Å². The van der Waals surface area contributed by atoms with Gasteiger partial charge in [0.1, 0.15) is 11.5 Å². The molecule has 0 spiro atoms. The Morgan fingerprint density at radius 1 is 1.06 bits per heavy atom. The summed E-state index contributed by atoms with van der Waals surface area (Å²) in [5, 5.41) is 0. The Balaban J connectivity index is 2.17. The van der Waals surface area contributed by atoms with Gasteiger partial charge in [0.25, 0.3) is 0 Å². The van der Waals surface area contributed by atoms with E-state index in [-0.39, 0.29) is 0 Å². The van der Waals surface area contributed by atoms with Gasteiger partial charge in [0.15, 0.2) is 0 Å². The lowest BCUT2D eigenvalue weighted by Crippen LogP contribution is -1.92. The van der Waals surface area contributed by atoms with Gasteiger partial charge < -0.3 is 4.74 Å². The fourth-order valence-corrected chi connectivity index (χ4v) is 1.43. The maximum absolute atomic E-state index is 5.75. The Bertz CT molecular complexity index is 495. The Labute approximate surface area is 96.1 Å². The molecule has 16 heavy (non-hydrogen) atoms. The largest absolute Gasteiger partial charge is 0.457 e. The van der Waals surface area contributed by atoms with E-state index in [9.17, 15) is 0 Å². The van der Waals surface area contributed by atoms with E-state index in [0.717, 1.165) is 17.1 Å². The van der Waals surface area contributed by atoms with Crippen LogP contribution in [0.25, 0.3) is 0 Å². The smallest absolute Gasteiger partial charge is 0.128 e. The van der Waals surface area contributed by atoms with Crippen LogP contribution < -0.4 is 4.74 Å². The third-order valence-electron chi connectivity index (χ3n) is 2.28. The molecule has 80 valence electrons. The molecule has 0 saturated carbocycles. The van der Waals surface area contributed by atoms with E-state index in [1.54, 1.807) is 0 Å². The number of ether oxygens (including phenoxy) is 1. The highest BCUT2D eigenvalue weighted by molar-refractivity contribution is 5.35. The normalized spacial score (nSPS) is 14.1. The van der Waals surface area contributed by atoms with Gasteiger partial charge in [-0.05, 0) is 55.9 Å². The van der Waals surface area contributed by atoms with Crippen molar-refractivity contribution in [2.45, 2.75) is 13.8 Å². The third-order valence-corrected chi connectivity index (χ3v) is 2.28. The first-order chi connectivity index (χ1) is 7.74. The van der Waals surface area contributed by atoms with Gasteiger partial charge in [-0.15, -0.1) is 5.73 Å². The summed E-state index contributed by atoms with van der Waals surface area (Å²) >= 11 is 0. The number of rotatable bonds is 2. The topological polar surface area (TPSA) is 9.23 Å². The average Bonchev–Trinajstić information content (AvgIpc) is 2.46.